The van der Waals surface area contributed by atoms with Gasteiger partial charge in [-0.05, 0) is 58.8 Å². The smallest absolute Gasteiger partial charge is 0.410 e. The van der Waals surface area contributed by atoms with Gasteiger partial charge in [-0.2, -0.15) is 13.2 Å². The van der Waals surface area contributed by atoms with E-state index in [4.69, 9.17) is 4.74 Å². The zero-order valence-corrected chi connectivity index (χ0v) is 17.7. The summed E-state index contributed by atoms with van der Waals surface area (Å²) in [6.07, 6.45) is 1.97. The lowest BCUT2D eigenvalue weighted by atomic mass is 9.57. The number of halogens is 3. The van der Waals surface area contributed by atoms with Gasteiger partial charge in [-0.1, -0.05) is 0 Å². The number of nitrogens with one attached hydrogen (secondary N) is 1. The third kappa shape index (κ3) is 4.34. The first-order chi connectivity index (χ1) is 13.9. The zero-order chi connectivity index (χ0) is 21.8. The fourth-order valence-electron chi connectivity index (χ4n) is 4.60. The second kappa shape index (κ2) is 6.99. The number of anilines is 1. The normalized spacial score (nSPS) is 22.3. The topological polar surface area (TPSA) is 67.3 Å². The van der Waals surface area contributed by atoms with Gasteiger partial charge in [0, 0.05) is 25.0 Å². The van der Waals surface area contributed by atoms with Crippen molar-refractivity contribution >= 4 is 11.9 Å². The Labute approximate surface area is 174 Å². The molecule has 3 fully saturated rings. The standard InChI is InChI=1S/C21H29F3N4O2/c1-18(2,3)30-17(29)28-12-19(13-28)7-14(8-19)6-15-9-26-16(10-25-15)27-11-20(4-5-20)21(22,23)24/h9-10,14H,4-8,11-13H2,1-3H3,(H,26,27). The van der Waals surface area contributed by atoms with Crippen LogP contribution in [0.25, 0.3) is 0 Å². The number of aromatic nitrogens is 2. The van der Waals surface area contributed by atoms with Crippen LogP contribution in [0.4, 0.5) is 23.8 Å². The quantitative estimate of drug-likeness (QED) is 0.755. The maximum Gasteiger partial charge on any atom is 0.410 e. The molecule has 1 aliphatic heterocycles. The molecule has 0 bridgehead atoms. The van der Waals surface area contributed by atoms with Gasteiger partial charge in [0.1, 0.15) is 11.4 Å². The molecule has 9 heteroatoms. The Morgan fingerprint density at radius 2 is 1.87 bits per heavy atom. The number of carbonyl (C=O) groups excluding carboxylic acids is 1. The number of amides is 1. The molecule has 1 aromatic rings. The highest BCUT2D eigenvalue weighted by Crippen LogP contribution is 2.57. The Morgan fingerprint density at radius 1 is 1.20 bits per heavy atom. The molecule has 6 nitrogen and oxygen atoms in total. The Morgan fingerprint density at radius 3 is 2.37 bits per heavy atom. The molecule has 1 amide bonds. The van der Waals surface area contributed by atoms with E-state index in [0.29, 0.717) is 11.7 Å². The van der Waals surface area contributed by atoms with Crippen LogP contribution in [0, 0.1) is 16.7 Å². The summed E-state index contributed by atoms with van der Waals surface area (Å²) in [5, 5.41) is 2.78. The molecule has 2 aliphatic carbocycles. The first kappa shape index (κ1) is 21.2. The number of hydrogen-bond donors (Lipinski definition) is 1. The number of rotatable bonds is 5. The van der Waals surface area contributed by atoms with Crippen molar-refractivity contribution in [2.45, 2.75) is 64.7 Å². The van der Waals surface area contributed by atoms with Gasteiger partial charge in [0.25, 0.3) is 0 Å². The highest BCUT2D eigenvalue weighted by molar-refractivity contribution is 5.69. The van der Waals surface area contributed by atoms with E-state index in [1.54, 1.807) is 11.1 Å². The third-order valence-corrected chi connectivity index (χ3v) is 6.41. The number of carbonyl (C=O) groups is 1. The number of hydrogen-bond acceptors (Lipinski definition) is 5. The maximum atomic E-state index is 13.0. The predicted molar refractivity (Wildman–Crippen MR) is 105 cm³/mol. The van der Waals surface area contributed by atoms with Gasteiger partial charge in [-0.25, -0.2) is 9.78 Å². The molecule has 0 radical (unpaired) electrons. The van der Waals surface area contributed by atoms with Crippen molar-refractivity contribution in [2.75, 3.05) is 25.0 Å². The molecule has 1 saturated heterocycles. The largest absolute Gasteiger partial charge is 0.444 e. The summed E-state index contributed by atoms with van der Waals surface area (Å²) in [4.78, 5) is 22.4. The van der Waals surface area contributed by atoms with Gasteiger partial charge in [-0.3, -0.25) is 4.98 Å². The fourth-order valence-corrected chi connectivity index (χ4v) is 4.60. The molecule has 30 heavy (non-hydrogen) atoms. The highest BCUT2D eigenvalue weighted by Gasteiger charge is 2.63. The molecule has 0 aromatic carbocycles. The monoisotopic (exact) mass is 426 g/mol. The first-order valence-electron chi connectivity index (χ1n) is 10.5. The van der Waals surface area contributed by atoms with Gasteiger partial charge < -0.3 is 15.0 Å². The summed E-state index contributed by atoms with van der Waals surface area (Å²) < 4.78 is 44.4. The van der Waals surface area contributed by atoms with E-state index in [0.717, 1.165) is 38.0 Å². The summed E-state index contributed by atoms with van der Waals surface area (Å²) in [6, 6.07) is 0. The third-order valence-electron chi connectivity index (χ3n) is 6.41. The number of ether oxygens (including phenoxy) is 1. The van der Waals surface area contributed by atoms with Crippen molar-refractivity contribution in [3.8, 4) is 0 Å². The van der Waals surface area contributed by atoms with Crippen LogP contribution in [0.2, 0.25) is 0 Å². The zero-order valence-electron chi connectivity index (χ0n) is 17.7. The lowest BCUT2D eigenvalue weighted by molar-refractivity contribution is -0.182. The summed E-state index contributed by atoms with van der Waals surface area (Å²) in [6.45, 7) is 6.93. The van der Waals surface area contributed by atoms with Crippen LogP contribution in [-0.2, 0) is 11.2 Å². The Balaban J connectivity index is 1.19. The van der Waals surface area contributed by atoms with E-state index in [9.17, 15) is 18.0 Å². The van der Waals surface area contributed by atoms with Gasteiger partial charge in [0.05, 0.1) is 23.5 Å². The molecular weight excluding hydrogens is 397 g/mol. The van der Waals surface area contributed by atoms with Crippen LogP contribution in [0.15, 0.2) is 12.4 Å². The van der Waals surface area contributed by atoms with E-state index in [1.165, 1.54) is 6.20 Å². The molecule has 1 aromatic heterocycles. The Hall–Kier alpha value is -2.06. The van der Waals surface area contributed by atoms with Crippen molar-refractivity contribution in [1.82, 2.24) is 14.9 Å². The van der Waals surface area contributed by atoms with Crippen molar-refractivity contribution in [1.29, 1.82) is 0 Å². The molecule has 2 heterocycles. The van der Waals surface area contributed by atoms with Crippen molar-refractivity contribution in [3.63, 3.8) is 0 Å². The minimum Gasteiger partial charge on any atom is -0.444 e. The average Bonchev–Trinajstić information content (AvgIpc) is 3.34. The predicted octanol–water partition coefficient (Wildman–Crippen LogP) is 4.42. The van der Waals surface area contributed by atoms with Crippen LogP contribution < -0.4 is 5.32 Å². The first-order valence-corrected chi connectivity index (χ1v) is 10.5. The number of alkyl halides is 3. The van der Waals surface area contributed by atoms with Gasteiger partial charge >= 0.3 is 12.3 Å². The summed E-state index contributed by atoms with van der Waals surface area (Å²) in [5.41, 5.74) is -1.01. The van der Waals surface area contributed by atoms with E-state index < -0.39 is 17.2 Å². The summed E-state index contributed by atoms with van der Waals surface area (Å²) >= 11 is 0. The van der Waals surface area contributed by atoms with Crippen molar-refractivity contribution in [2.24, 2.45) is 16.7 Å². The van der Waals surface area contributed by atoms with Crippen molar-refractivity contribution < 1.29 is 22.7 Å². The van der Waals surface area contributed by atoms with Crippen LogP contribution >= 0.6 is 0 Å². The minimum absolute atomic E-state index is 0.149. The molecule has 1 spiro atoms. The van der Waals surface area contributed by atoms with Crippen LogP contribution in [0.1, 0.15) is 52.1 Å². The second-order valence-corrected chi connectivity index (χ2v) is 10.3. The molecule has 0 unspecified atom stereocenters. The molecule has 2 saturated carbocycles. The average molecular weight is 426 g/mol. The van der Waals surface area contributed by atoms with E-state index in [1.807, 2.05) is 20.8 Å². The Kier molecular flexibility index (Phi) is 4.93. The van der Waals surface area contributed by atoms with E-state index in [-0.39, 0.29) is 30.9 Å². The van der Waals surface area contributed by atoms with Gasteiger partial charge in [-0.15, -0.1) is 0 Å². The van der Waals surface area contributed by atoms with Crippen LogP contribution in [-0.4, -0.2) is 52.4 Å². The molecule has 4 rings (SSSR count). The molecule has 1 N–H and O–H groups in total. The van der Waals surface area contributed by atoms with Crippen LogP contribution in [0.5, 0.6) is 0 Å². The minimum atomic E-state index is -4.17. The Bertz CT molecular complexity index is 786. The molecule has 3 aliphatic rings. The van der Waals surface area contributed by atoms with E-state index in [2.05, 4.69) is 15.3 Å². The van der Waals surface area contributed by atoms with Gasteiger partial charge in [0.15, 0.2) is 0 Å². The van der Waals surface area contributed by atoms with Crippen molar-refractivity contribution in [3.05, 3.63) is 18.1 Å². The van der Waals surface area contributed by atoms with Gasteiger partial charge in [0.2, 0.25) is 0 Å². The molecular formula is C21H29F3N4O2. The van der Waals surface area contributed by atoms with E-state index >= 15 is 0 Å². The number of nitrogens with zero attached hydrogens (tertiary/aromatic N) is 3. The molecule has 0 atom stereocenters. The molecule has 166 valence electrons. The highest BCUT2D eigenvalue weighted by atomic mass is 19.4. The van der Waals surface area contributed by atoms with Crippen LogP contribution in [0.3, 0.4) is 0 Å². The fraction of sp³-hybridized carbons (Fsp3) is 0.762. The summed E-state index contributed by atoms with van der Waals surface area (Å²) in [5.74, 6) is 0.880. The lowest BCUT2D eigenvalue weighted by Gasteiger charge is -2.58. The second-order valence-electron chi connectivity index (χ2n) is 10.3. The SMILES string of the molecule is CC(C)(C)OC(=O)N1CC2(CC(Cc3cnc(NCC4(C(F)(F)F)CC4)cn3)C2)C1. The maximum absolute atomic E-state index is 13.0. The lowest BCUT2D eigenvalue weighted by Crippen LogP contribution is -2.64. The summed E-state index contributed by atoms with van der Waals surface area (Å²) in [7, 11) is 0. The number of likely N-dealkylation sites (tertiary alicyclic amines) is 1.